The Morgan fingerprint density at radius 2 is 1.68 bits per heavy atom. The van der Waals surface area contributed by atoms with Crippen molar-refractivity contribution < 1.29 is 23.9 Å². The van der Waals surface area contributed by atoms with Gasteiger partial charge in [0.1, 0.15) is 12.2 Å². The van der Waals surface area contributed by atoms with Crippen molar-refractivity contribution in [2.45, 2.75) is 26.9 Å². The van der Waals surface area contributed by atoms with E-state index in [4.69, 9.17) is 21.1 Å². The highest BCUT2D eigenvalue weighted by Crippen LogP contribution is 2.36. The number of carbonyl (C=O) groups is 3. The maximum absolute atomic E-state index is 13.3. The molecule has 0 unspecified atom stereocenters. The zero-order chi connectivity index (χ0) is 26.5. The molecule has 37 heavy (non-hydrogen) atoms. The van der Waals surface area contributed by atoms with E-state index in [1.807, 2.05) is 44.2 Å². The summed E-state index contributed by atoms with van der Waals surface area (Å²) in [5, 5.41) is 2.84. The Bertz CT molecular complexity index is 1390. The van der Waals surface area contributed by atoms with Gasteiger partial charge in [-0.1, -0.05) is 64.8 Å². The monoisotopic (exact) mass is 582 g/mol. The van der Waals surface area contributed by atoms with E-state index in [9.17, 15) is 14.4 Å². The lowest BCUT2D eigenvalue weighted by Crippen LogP contribution is -2.54. The van der Waals surface area contributed by atoms with Crippen molar-refractivity contribution in [2.24, 2.45) is 0 Å². The lowest BCUT2D eigenvalue weighted by atomic mass is 10.1. The topological polar surface area (TPSA) is 84.9 Å². The molecule has 0 spiro atoms. The molecule has 7 nitrogen and oxygen atoms in total. The van der Waals surface area contributed by atoms with Crippen LogP contribution >= 0.6 is 27.5 Å². The van der Waals surface area contributed by atoms with Crippen molar-refractivity contribution in [1.82, 2.24) is 5.32 Å². The van der Waals surface area contributed by atoms with Crippen molar-refractivity contribution >= 4 is 57.1 Å². The summed E-state index contributed by atoms with van der Waals surface area (Å²) in [5.41, 5.74) is 2.56. The summed E-state index contributed by atoms with van der Waals surface area (Å²) >= 11 is 9.74. The van der Waals surface area contributed by atoms with Crippen LogP contribution in [0.2, 0.25) is 5.02 Å². The second-order valence-electron chi connectivity index (χ2n) is 8.11. The van der Waals surface area contributed by atoms with Gasteiger partial charge in [0.25, 0.3) is 11.8 Å². The summed E-state index contributed by atoms with van der Waals surface area (Å²) in [4.78, 5) is 39.4. The molecule has 1 fully saturated rings. The molecule has 0 saturated carbocycles. The average Bonchev–Trinajstić information content (AvgIpc) is 2.88. The fraction of sp³-hybridized carbons (Fsp3) is 0.179. The molecule has 9 heteroatoms. The van der Waals surface area contributed by atoms with Crippen LogP contribution in [0, 0.1) is 0 Å². The van der Waals surface area contributed by atoms with Crippen molar-refractivity contribution in [3.63, 3.8) is 0 Å². The molecule has 1 N–H and O–H groups in total. The molecule has 1 heterocycles. The number of carbonyl (C=O) groups excluding carboxylic acids is 3. The zero-order valence-corrected chi connectivity index (χ0v) is 22.6. The molecule has 0 radical (unpaired) electrons. The van der Waals surface area contributed by atoms with E-state index in [1.165, 1.54) is 6.08 Å². The molecular formula is C28H24BrClN2O5. The number of aryl methyl sites for hydroxylation is 1. The Morgan fingerprint density at radius 1 is 0.973 bits per heavy atom. The summed E-state index contributed by atoms with van der Waals surface area (Å²) in [6.45, 7) is 4.44. The average molecular weight is 584 g/mol. The predicted molar refractivity (Wildman–Crippen MR) is 146 cm³/mol. The first-order valence-corrected chi connectivity index (χ1v) is 12.8. The number of amides is 4. The Kier molecular flexibility index (Phi) is 8.31. The van der Waals surface area contributed by atoms with Gasteiger partial charge in [-0.3, -0.25) is 14.9 Å². The molecular weight excluding hydrogens is 560 g/mol. The van der Waals surface area contributed by atoms with Crippen molar-refractivity contribution in [3.8, 4) is 11.5 Å². The summed E-state index contributed by atoms with van der Waals surface area (Å²) < 4.78 is 12.3. The second-order valence-corrected chi connectivity index (χ2v) is 9.37. The first-order chi connectivity index (χ1) is 17.8. The van der Waals surface area contributed by atoms with Gasteiger partial charge in [0.2, 0.25) is 0 Å². The highest BCUT2D eigenvalue weighted by Gasteiger charge is 2.37. The molecule has 1 aliphatic rings. The van der Waals surface area contributed by atoms with Crippen LogP contribution in [0.25, 0.3) is 6.08 Å². The third kappa shape index (κ3) is 5.87. The van der Waals surface area contributed by atoms with Crippen LogP contribution in [0.3, 0.4) is 0 Å². The number of hydrogen-bond acceptors (Lipinski definition) is 5. The molecule has 0 aromatic heterocycles. The lowest BCUT2D eigenvalue weighted by Gasteiger charge is -2.26. The van der Waals surface area contributed by atoms with Crippen LogP contribution in [0.4, 0.5) is 10.5 Å². The molecule has 190 valence electrons. The molecule has 0 aliphatic carbocycles. The summed E-state index contributed by atoms with van der Waals surface area (Å²) in [6, 6.07) is 17.0. The number of halogens is 2. The molecule has 4 amide bonds. The highest BCUT2D eigenvalue weighted by atomic mass is 79.9. The number of rotatable bonds is 8. The molecule has 3 aromatic carbocycles. The van der Waals surface area contributed by atoms with Crippen LogP contribution in [0.15, 0.2) is 70.7 Å². The minimum Gasteiger partial charge on any atom is -0.490 e. The number of nitrogens with zero attached hydrogens (tertiary/aromatic N) is 1. The van der Waals surface area contributed by atoms with Crippen LogP contribution in [-0.2, 0) is 22.6 Å². The first-order valence-electron chi connectivity index (χ1n) is 11.6. The molecule has 0 bridgehead atoms. The van der Waals surface area contributed by atoms with E-state index in [2.05, 4.69) is 21.2 Å². The maximum atomic E-state index is 13.3. The number of benzene rings is 3. The van der Waals surface area contributed by atoms with Gasteiger partial charge in [0.05, 0.1) is 12.3 Å². The van der Waals surface area contributed by atoms with E-state index in [0.717, 1.165) is 22.4 Å². The van der Waals surface area contributed by atoms with Crippen LogP contribution in [-0.4, -0.2) is 24.5 Å². The molecule has 3 aromatic rings. The van der Waals surface area contributed by atoms with Gasteiger partial charge in [-0.25, -0.2) is 9.69 Å². The number of imide groups is 2. The van der Waals surface area contributed by atoms with E-state index < -0.39 is 17.8 Å². The third-order valence-electron chi connectivity index (χ3n) is 5.71. The van der Waals surface area contributed by atoms with Gasteiger partial charge >= 0.3 is 6.03 Å². The quantitative estimate of drug-likeness (QED) is 0.248. The number of nitrogens with one attached hydrogen (secondary N) is 1. The minimum atomic E-state index is -0.797. The minimum absolute atomic E-state index is 0.188. The van der Waals surface area contributed by atoms with Crippen molar-refractivity contribution in [1.29, 1.82) is 0 Å². The largest absolute Gasteiger partial charge is 0.490 e. The number of hydrogen-bond donors (Lipinski definition) is 1. The van der Waals surface area contributed by atoms with E-state index in [-0.39, 0.29) is 12.2 Å². The zero-order valence-electron chi connectivity index (χ0n) is 20.2. The number of barbiturate groups is 1. The van der Waals surface area contributed by atoms with Crippen molar-refractivity contribution in [2.75, 3.05) is 11.5 Å². The van der Waals surface area contributed by atoms with Gasteiger partial charge in [0, 0.05) is 15.1 Å². The van der Waals surface area contributed by atoms with Gasteiger partial charge < -0.3 is 9.47 Å². The number of urea groups is 1. The standard InChI is InChI=1S/C28H24BrClN2O5/c1-3-17-9-11-20(12-10-17)32-27(34)21(26(33)31-28(32)35)13-19-14-24(36-4-2)25(15-22(19)29)37-16-18-7-5-6-8-23(18)30/h5-15H,3-4,16H2,1-2H3,(H,31,33,35)/b21-13-. The van der Waals surface area contributed by atoms with Crippen molar-refractivity contribution in [3.05, 3.63) is 92.4 Å². The third-order valence-corrected chi connectivity index (χ3v) is 6.76. The molecule has 1 aliphatic heterocycles. The Hall–Kier alpha value is -3.62. The lowest BCUT2D eigenvalue weighted by molar-refractivity contribution is -0.122. The summed E-state index contributed by atoms with van der Waals surface area (Å²) in [5.74, 6) is -0.610. The Labute approximate surface area is 228 Å². The van der Waals surface area contributed by atoms with Crippen LogP contribution in [0.5, 0.6) is 11.5 Å². The maximum Gasteiger partial charge on any atom is 0.335 e. The van der Waals surface area contributed by atoms with Gasteiger partial charge in [-0.2, -0.15) is 0 Å². The Balaban J connectivity index is 1.66. The highest BCUT2D eigenvalue weighted by molar-refractivity contribution is 9.10. The van der Waals surface area contributed by atoms with E-state index >= 15 is 0 Å². The fourth-order valence-corrected chi connectivity index (χ4v) is 4.37. The first kappa shape index (κ1) is 26.4. The number of ether oxygens (including phenoxy) is 2. The van der Waals surface area contributed by atoms with E-state index in [0.29, 0.717) is 38.9 Å². The van der Waals surface area contributed by atoms with Gasteiger partial charge in [-0.15, -0.1) is 0 Å². The SMILES string of the molecule is CCOc1cc(/C=C2/C(=O)NC(=O)N(c3ccc(CC)cc3)C2=O)c(Br)cc1OCc1ccccc1Cl. The molecule has 4 rings (SSSR count). The Morgan fingerprint density at radius 3 is 2.35 bits per heavy atom. The summed E-state index contributed by atoms with van der Waals surface area (Å²) in [7, 11) is 0. The van der Waals surface area contributed by atoms with Crippen LogP contribution in [0.1, 0.15) is 30.5 Å². The normalized spacial score (nSPS) is 14.6. The van der Waals surface area contributed by atoms with Gasteiger partial charge in [-0.05, 0) is 60.9 Å². The van der Waals surface area contributed by atoms with Crippen LogP contribution < -0.4 is 19.7 Å². The number of anilines is 1. The predicted octanol–water partition coefficient (Wildman–Crippen LogP) is 6.31. The smallest absolute Gasteiger partial charge is 0.335 e. The molecule has 1 saturated heterocycles. The fourth-order valence-electron chi connectivity index (χ4n) is 3.74. The summed E-state index contributed by atoms with van der Waals surface area (Å²) in [6.07, 6.45) is 2.24. The molecule has 0 atom stereocenters. The van der Waals surface area contributed by atoms with Gasteiger partial charge in [0.15, 0.2) is 11.5 Å². The second kappa shape index (κ2) is 11.6. The van der Waals surface area contributed by atoms with E-state index in [1.54, 1.807) is 30.3 Å².